The van der Waals surface area contributed by atoms with E-state index in [1.807, 2.05) is 0 Å². The Kier molecular flexibility index (Phi) is 5.85. The summed E-state index contributed by atoms with van der Waals surface area (Å²) < 4.78 is 0. The zero-order valence-electron chi connectivity index (χ0n) is 11.6. The van der Waals surface area contributed by atoms with Gasteiger partial charge in [0.1, 0.15) is 12.2 Å². The Morgan fingerprint density at radius 2 is 2.43 bits per heavy atom. The number of H-pyrrole nitrogens is 1. The fraction of sp³-hybridized carbons (Fsp3) is 0.667. The van der Waals surface area contributed by atoms with Gasteiger partial charge in [-0.3, -0.25) is 9.89 Å². The molecule has 0 aliphatic carbocycles. The Hall–Kier alpha value is -1.77. The van der Waals surface area contributed by atoms with E-state index >= 15 is 0 Å². The molecule has 9 heteroatoms. The highest BCUT2D eigenvalue weighted by Crippen LogP contribution is 2.19. The van der Waals surface area contributed by atoms with Crippen molar-refractivity contribution in [2.45, 2.75) is 25.3 Å². The summed E-state index contributed by atoms with van der Waals surface area (Å²) in [5.41, 5.74) is 0. The third-order valence-corrected chi connectivity index (χ3v) is 4.32. The number of carboxylic acids is 1. The van der Waals surface area contributed by atoms with Crippen molar-refractivity contribution in [3.63, 3.8) is 0 Å². The number of rotatable bonds is 6. The van der Waals surface area contributed by atoms with Gasteiger partial charge in [0, 0.05) is 31.0 Å². The number of nitrogens with one attached hydrogen (secondary N) is 2. The number of urea groups is 1. The number of nitrogens with zero attached hydrogens (tertiary/aromatic N) is 3. The van der Waals surface area contributed by atoms with Crippen LogP contribution >= 0.6 is 11.8 Å². The third-order valence-electron chi connectivity index (χ3n) is 3.23. The molecular formula is C12H19N5O3S. The number of amides is 2. The van der Waals surface area contributed by atoms with Crippen molar-refractivity contribution in [3.05, 3.63) is 12.2 Å². The molecule has 2 rings (SSSR count). The number of aromatic amines is 1. The minimum Gasteiger partial charge on any atom is -0.481 e. The summed E-state index contributed by atoms with van der Waals surface area (Å²) in [6.07, 6.45) is 2.93. The van der Waals surface area contributed by atoms with Gasteiger partial charge < -0.3 is 15.3 Å². The molecule has 0 aromatic carbocycles. The number of carbonyl (C=O) groups is 2. The predicted molar refractivity (Wildman–Crippen MR) is 78.2 cm³/mol. The van der Waals surface area contributed by atoms with Crippen LogP contribution in [0.15, 0.2) is 6.33 Å². The van der Waals surface area contributed by atoms with E-state index in [-0.39, 0.29) is 18.5 Å². The number of thioether (sulfide) groups is 1. The highest BCUT2D eigenvalue weighted by molar-refractivity contribution is 7.99. The van der Waals surface area contributed by atoms with E-state index in [2.05, 4.69) is 20.5 Å². The fourth-order valence-corrected chi connectivity index (χ4v) is 3.26. The molecule has 0 spiro atoms. The van der Waals surface area contributed by atoms with Crippen molar-refractivity contribution < 1.29 is 14.7 Å². The zero-order chi connectivity index (χ0) is 15.1. The number of aromatic nitrogens is 3. The fourth-order valence-electron chi connectivity index (χ4n) is 2.20. The summed E-state index contributed by atoms with van der Waals surface area (Å²) >= 11 is 1.69. The van der Waals surface area contributed by atoms with Gasteiger partial charge in [-0.15, -0.1) is 0 Å². The maximum atomic E-state index is 12.1. The van der Waals surface area contributed by atoms with Crippen LogP contribution in [0.4, 0.5) is 4.79 Å². The zero-order valence-corrected chi connectivity index (χ0v) is 12.4. The number of aryl methyl sites for hydroxylation is 1. The molecule has 1 aliphatic rings. The second-order valence-corrected chi connectivity index (χ2v) is 5.94. The van der Waals surface area contributed by atoms with Gasteiger partial charge in [0.25, 0.3) is 0 Å². The first kappa shape index (κ1) is 15.6. The highest BCUT2D eigenvalue weighted by Gasteiger charge is 2.28. The summed E-state index contributed by atoms with van der Waals surface area (Å²) in [6, 6.07) is -0.408. The normalized spacial score (nSPS) is 18.5. The average molecular weight is 313 g/mol. The smallest absolute Gasteiger partial charge is 0.317 e. The van der Waals surface area contributed by atoms with E-state index in [9.17, 15) is 9.59 Å². The van der Waals surface area contributed by atoms with Crippen LogP contribution in [0.5, 0.6) is 0 Å². The molecule has 0 saturated carbocycles. The van der Waals surface area contributed by atoms with Gasteiger partial charge in [-0.2, -0.15) is 16.9 Å². The number of aliphatic carboxylic acids is 1. The van der Waals surface area contributed by atoms with Crippen molar-refractivity contribution in [2.24, 2.45) is 0 Å². The predicted octanol–water partition coefficient (Wildman–Crippen LogP) is 0.339. The second-order valence-electron chi connectivity index (χ2n) is 4.79. The van der Waals surface area contributed by atoms with Crippen LogP contribution in [0.2, 0.25) is 0 Å². The van der Waals surface area contributed by atoms with E-state index < -0.39 is 5.97 Å². The molecular weight excluding hydrogens is 294 g/mol. The molecule has 1 saturated heterocycles. The Labute approximate surface area is 126 Å². The van der Waals surface area contributed by atoms with E-state index in [1.165, 1.54) is 6.33 Å². The summed E-state index contributed by atoms with van der Waals surface area (Å²) in [6.45, 7) is 1.12. The summed E-state index contributed by atoms with van der Waals surface area (Å²) in [5, 5.41) is 18.3. The molecule has 0 radical (unpaired) electrons. The Bertz CT molecular complexity index is 467. The van der Waals surface area contributed by atoms with E-state index in [0.717, 1.165) is 18.0 Å². The lowest BCUT2D eigenvalue weighted by molar-refractivity contribution is -0.137. The largest absolute Gasteiger partial charge is 0.481 e. The molecule has 0 bridgehead atoms. The summed E-state index contributed by atoms with van der Waals surface area (Å²) in [4.78, 5) is 28.6. The van der Waals surface area contributed by atoms with Crippen LogP contribution in [-0.4, -0.2) is 67.8 Å². The van der Waals surface area contributed by atoms with Gasteiger partial charge in [0.15, 0.2) is 0 Å². The first-order chi connectivity index (χ1) is 10.2. The van der Waals surface area contributed by atoms with Crippen molar-refractivity contribution >= 4 is 23.8 Å². The van der Waals surface area contributed by atoms with Gasteiger partial charge in [-0.1, -0.05) is 0 Å². The SMILES string of the molecule is O=C(O)CC1CSCCN1C(=O)NCCCc1ncn[nH]1. The average Bonchev–Trinajstić information content (AvgIpc) is 2.96. The molecule has 2 heterocycles. The van der Waals surface area contributed by atoms with Gasteiger partial charge in [0.2, 0.25) is 0 Å². The second kappa shape index (κ2) is 7.87. The van der Waals surface area contributed by atoms with E-state index in [4.69, 9.17) is 5.11 Å². The lowest BCUT2D eigenvalue weighted by atomic mass is 10.2. The molecule has 116 valence electrons. The van der Waals surface area contributed by atoms with Crippen LogP contribution in [0, 0.1) is 0 Å². The standard InChI is InChI=1S/C12H19N5O3S/c18-11(19)6-9-7-21-5-4-17(9)12(20)13-3-1-2-10-14-8-15-16-10/h8-9H,1-7H2,(H,13,20)(H,18,19)(H,14,15,16). The molecule has 21 heavy (non-hydrogen) atoms. The van der Waals surface area contributed by atoms with Crippen molar-refractivity contribution in [1.29, 1.82) is 0 Å². The van der Waals surface area contributed by atoms with Crippen LogP contribution < -0.4 is 5.32 Å². The van der Waals surface area contributed by atoms with Crippen molar-refractivity contribution in [2.75, 3.05) is 24.6 Å². The molecule has 1 fully saturated rings. The molecule has 1 aromatic heterocycles. The Morgan fingerprint density at radius 3 is 3.14 bits per heavy atom. The minimum absolute atomic E-state index is 0.00150. The maximum Gasteiger partial charge on any atom is 0.317 e. The first-order valence-corrected chi connectivity index (χ1v) is 8.00. The molecule has 1 aliphatic heterocycles. The maximum absolute atomic E-state index is 12.1. The van der Waals surface area contributed by atoms with Gasteiger partial charge in [-0.05, 0) is 6.42 Å². The van der Waals surface area contributed by atoms with E-state index in [0.29, 0.717) is 25.3 Å². The lowest BCUT2D eigenvalue weighted by Crippen LogP contribution is -2.51. The number of hydrogen-bond donors (Lipinski definition) is 3. The van der Waals surface area contributed by atoms with Crippen LogP contribution in [0.25, 0.3) is 0 Å². The first-order valence-electron chi connectivity index (χ1n) is 6.85. The summed E-state index contributed by atoms with van der Waals surface area (Å²) in [5.74, 6) is 1.45. The molecule has 3 N–H and O–H groups in total. The molecule has 8 nitrogen and oxygen atoms in total. The van der Waals surface area contributed by atoms with Crippen LogP contribution in [-0.2, 0) is 11.2 Å². The number of carboxylic acid groups (broad SMARTS) is 1. The molecule has 1 atom stereocenters. The highest BCUT2D eigenvalue weighted by atomic mass is 32.2. The quantitative estimate of drug-likeness (QED) is 0.653. The van der Waals surface area contributed by atoms with Gasteiger partial charge >= 0.3 is 12.0 Å². The van der Waals surface area contributed by atoms with Crippen molar-refractivity contribution in [3.8, 4) is 0 Å². The molecule has 1 aromatic rings. The minimum atomic E-state index is -0.870. The monoisotopic (exact) mass is 313 g/mol. The molecule has 1 unspecified atom stereocenters. The van der Waals surface area contributed by atoms with Gasteiger partial charge in [0.05, 0.1) is 12.5 Å². The Balaban J connectivity index is 1.73. The van der Waals surface area contributed by atoms with Crippen molar-refractivity contribution in [1.82, 2.24) is 25.4 Å². The molecule has 2 amide bonds. The Morgan fingerprint density at radius 1 is 1.57 bits per heavy atom. The third kappa shape index (κ3) is 4.92. The van der Waals surface area contributed by atoms with Crippen LogP contribution in [0.1, 0.15) is 18.7 Å². The lowest BCUT2D eigenvalue weighted by Gasteiger charge is -2.34. The van der Waals surface area contributed by atoms with E-state index in [1.54, 1.807) is 16.7 Å². The number of carbonyl (C=O) groups excluding carboxylic acids is 1. The van der Waals surface area contributed by atoms with Crippen LogP contribution in [0.3, 0.4) is 0 Å². The number of hydrogen-bond acceptors (Lipinski definition) is 5. The van der Waals surface area contributed by atoms with Gasteiger partial charge in [-0.25, -0.2) is 9.78 Å². The topological polar surface area (TPSA) is 111 Å². The summed E-state index contributed by atoms with van der Waals surface area (Å²) in [7, 11) is 0.